The summed E-state index contributed by atoms with van der Waals surface area (Å²) < 4.78 is 5.50. The number of hydrogen-bond acceptors (Lipinski definition) is 4. The van der Waals surface area contributed by atoms with E-state index in [1.165, 1.54) is 0 Å². The average Bonchev–Trinajstić information content (AvgIpc) is 2.09. The van der Waals surface area contributed by atoms with Crippen molar-refractivity contribution in [3.8, 4) is 0 Å². The molecule has 14 heavy (non-hydrogen) atoms. The molecule has 4 nitrogen and oxygen atoms in total. The Bertz CT molecular complexity index is 134. The lowest BCUT2D eigenvalue weighted by Gasteiger charge is -2.21. The lowest BCUT2D eigenvalue weighted by molar-refractivity contribution is 0.00339. The molecule has 0 aliphatic carbocycles. The Balaban J connectivity index is 3.58. The Morgan fingerprint density at radius 3 is 2.57 bits per heavy atom. The van der Waals surface area contributed by atoms with E-state index in [2.05, 4.69) is 0 Å². The number of aliphatic hydroxyl groups is 2. The molecular weight excluding hydrogens is 182 g/mol. The van der Waals surface area contributed by atoms with Crippen molar-refractivity contribution in [1.29, 1.82) is 0 Å². The van der Waals surface area contributed by atoms with Gasteiger partial charge in [-0.3, -0.25) is 0 Å². The van der Waals surface area contributed by atoms with E-state index in [1.807, 2.05) is 6.92 Å². The fourth-order valence-corrected chi connectivity index (χ4v) is 1.17. The average molecular weight is 205 g/mol. The van der Waals surface area contributed by atoms with E-state index < -0.39 is 5.72 Å². The largest absolute Gasteiger partial charge is 0.396 e. The third kappa shape index (κ3) is 8.44. The van der Waals surface area contributed by atoms with Crippen molar-refractivity contribution in [1.82, 2.24) is 0 Å². The Hall–Kier alpha value is -0.160. The molecule has 0 bridgehead atoms. The van der Waals surface area contributed by atoms with Gasteiger partial charge in [0.1, 0.15) is 5.72 Å². The van der Waals surface area contributed by atoms with Gasteiger partial charge in [-0.15, -0.1) is 0 Å². The van der Waals surface area contributed by atoms with Crippen LogP contribution in [0.25, 0.3) is 0 Å². The molecule has 0 heterocycles. The van der Waals surface area contributed by atoms with E-state index in [-0.39, 0.29) is 12.7 Å². The van der Waals surface area contributed by atoms with E-state index in [0.29, 0.717) is 19.4 Å². The molecule has 2 atom stereocenters. The molecule has 0 amide bonds. The fourth-order valence-electron chi connectivity index (χ4n) is 1.17. The van der Waals surface area contributed by atoms with Gasteiger partial charge in [-0.25, -0.2) is 0 Å². The standard InChI is InChI=1S/C10H23NO3/c1-3-9(14-8-4-7-12)5-6-10(2,11)13/h9,12-13H,3-8,11H2,1-2H3. The lowest BCUT2D eigenvalue weighted by Crippen LogP contribution is -2.36. The highest BCUT2D eigenvalue weighted by atomic mass is 16.5. The first kappa shape index (κ1) is 13.8. The smallest absolute Gasteiger partial charge is 0.110 e. The van der Waals surface area contributed by atoms with Gasteiger partial charge in [-0.2, -0.15) is 0 Å². The van der Waals surface area contributed by atoms with Crippen LogP contribution in [0.15, 0.2) is 0 Å². The maximum absolute atomic E-state index is 9.32. The van der Waals surface area contributed by atoms with E-state index >= 15 is 0 Å². The van der Waals surface area contributed by atoms with Crippen LogP contribution in [0.3, 0.4) is 0 Å². The molecule has 4 heteroatoms. The number of ether oxygens (including phenoxy) is 1. The molecule has 0 aliphatic heterocycles. The van der Waals surface area contributed by atoms with Crippen LogP contribution in [0.2, 0.25) is 0 Å². The summed E-state index contributed by atoms with van der Waals surface area (Å²) in [6.45, 7) is 4.36. The highest BCUT2D eigenvalue weighted by molar-refractivity contribution is 4.67. The second-order valence-electron chi connectivity index (χ2n) is 3.87. The lowest BCUT2D eigenvalue weighted by atomic mass is 10.1. The Labute approximate surface area is 86.1 Å². The minimum Gasteiger partial charge on any atom is -0.396 e. The molecule has 0 radical (unpaired) electrons. The maximum atomic E-state index is 9.32. The fraction of sp³-hybridized carbons (Fsp3) is 1.00. The van der Waals surface area contributed by atoms with Crippen molar-refractivity contribution in [2.75, 3.05) is 13.2 Å². The minimum atomic E-state index is -1.10. The van der Waals surface area contributed by atoms with Crippen LogP contribution in [0, 0.1) is 0 Å². The zero-order valence-corrected chi connectivity index (χ0v) is 9.20. The first-order valence-corrected chi connectivity index (χ1v) is 5.23. The topological polar surface area (TPSA) is 75.7 Å². The summed E-state index contributed by atoms with van der Waals surface area (Å²) >= 11 is 0. The second kappa shape index (κ2) is 7.17. The van der Waals surface area contributed by atoms with Crippen LogP contribution in [-0.2, 0) is 4.74 Å². The van der Waals surface area contributed by atoms with Crippen LogP contribution in [0.4, 0.5) is 0 Å². The Kier molecular flexibility index (Phi) is 7.09. The summed E-state index contributed by atoms with van der Waals surface area (Å²) in [5, 5.41) is 17.9. The summed E-state index contributed by atoms with van der Waals surface area (Å²) in [5.74, 6) is 0. The zero-order valence-electron chi connectivity index (χ0n) is 9.20. The van der Waals surface area contributed by atoms with Crippen LogP contribution in [0.5, 0.6) is 0 Å². The molecule has 0 aromatic rings. The van der Waals surface area contributed by atoms with Crippen molar-refractivity contribution < 1.29 is 14.9 Å². The van der Waals surface area contributed by atoms with E-state index in [4.69, 9.17) is 15.6 Å². The summed E-state index contributed by atoms with van der Waals surface area (Å²) in [6, 6.07) is 0. The van der Waals surface area contributed by atoms with Gasteiger partial charge >= 0.3 is 0 Å². The van der Waals surface area contributed by atoms with Gasteiger partial charge < -0.3 is 20.7 Å². The Morgan fingerprint density at radius 2 is 2.14 bits per heavy atom. The molecule has 0 saturated heterocycles. The highest BCUT2D eigenvalue weighted by Gasteiger charge is 2.16. The van der Waals surface area contributed by atoms with Gasteiger partial charge in [0.15, 0.2) is 0 Å². The Morgan fingerprint density at radius 1 is 1.50 bits per heavy atom. The van der Waals surface area contributed by atoms with Crippen LogP contribution in [0.1, 0.15) is 39.5 Å². The van der Waals surface area contributed by atoms with Crippen LogP contribution < -0.4 is 5.73 Å². The molecule has 4 N–H and O–H groups in total. The maximum Gasteiger partial charge on any atom is 0.110 e. The molecule has 2 unspecified atom stereocenters. The molecule has 0 saturated carbocycles. The van der Waals surface area contributed by atoms with E-state index in [1.54, 1.807) is 6.92 Å². The third-order valence-corrected chi connectivity index (χ3v) is 2.08. The molecule has 0 rings (SSSR count). The predicted molar refractivity (Wildman–Crippen MR) is 55.8 cm³/mol. The summed E-state index contributed by atoms with van der Waals surface area (Å²) in [7, 11) is 0. The van der Waals surface area contributed by atoms with Gasteiger partial charge in [0.05, 0.1) is 6.10 Å². The van der Waals surface area contributed by atoms with Gasteiger partial charge in [0, 0.05) is 13.2 Å². The van der Waals surface area contributed by atoms with Crippen molar-refractivity contribution in [3.05, 3.63) is 0 Å². The minimum absolute atomic E-state index is 0.136. The van der Waals surface area contributed by atoms with Crippen LogP contribution >= 0.6 is 0 Å². The molecule has 0 aliphatic rings. The van der Waals surface area contributed by atoms with Gasteiger partial charge in [0.25, 0.3) is 0 Å². The third-order valence-electron chi connectivity index (χ3n) is 2.08. The SMILES string of the molecule is CCC(CCC(C)(N)O)OCCCO. The molecule has 86 valence electrons. The normalized spacial score (nSPS) is 17.8. The van der Waals surface area contributed by atoms with Gasteiger partial charge in [-0.05, 0) is 32.6 Å². The number of rotatable bonds is 8. The molecule has 0 aromatic carbocycles. The first-order valence-electron chi connectivity index (χ1n) is 5.23. The van der Waals surface area contributed by atoms with E-state index in [9.17, 15) is 5.11 Å². The predicted octanol–water partition coefficient (Wildman–Crippen LogP) is 0.611. The van der Waals surface area contributed by atoms with Gasteiger partial charge in [-0.1, -0.05) is 6.92 Å². The summed E-state index contributed by atoms with van der Waals surface area (Å²) in [6.07, 6.45) is 2.99. The van der Waals surface area contributed by atoms with Crippen molar-refractivity contribution in [2.45, 2.75) is 51.4 Å². The van der Waals surface area contributed by atoms with E-state index in [0.717, 1.165) is 12.8 Å². The molecular formula is C10H23NO3. The summed E-state index contributed by atoms with van der Waals surface area (Å²) in [4.78, 5) is 0. The highest BCUT2D eigenvalue weighted by Crippen LogP contribution is 2.12. The van der Waals surface area contributed by atoms with Crippen molar-refractivity contribution in [3.63, 3.8) is 0 Å². The first-order chi connectivity index (χ1) is 6.49. The van der Waals surface area contributed by atoms with Gasteiger partial charge in [0.2, 0.25) is 0 Å². The number of nitrogens with two attached hydrogens (primary N) is 1. The van der Waals surface area contributed by atoms with Crippen LogP contribution in [-0.4, -0.2) is 35.3 Å². The van der Waals surface area contributed by atoms with Crippen molar-refractivity contribution >= 4 is 0 Å². The molecule has 0 fully saturated rings. The second-order valence-corrected chi connectivity index (χ2v) is 3.87. The number of aliphatic hydroxyl groups excluding tert-OH is 1. The monoisotopic (exact) mass is 205 g/mol. The summed E-state index contributed by atoms with van der Waals surface area (Å²) in [5.41, 5.74) is 4.35. The zero-order chi connectivity index (χ0) is 11.0. The molecule has 0 aromatic heterocycles. The van der Waals surface area contributed by atoms with Crippen molar-refractivity contribution in [2.24, 2.45) is 5.73 Å². The number of hydrogen-bond donors (Lipinski definition) is 3. The molecule has 0 spiro atoms. The quantitative estimate of drug-likeness (QED) is 0.401.